The Morgan fingerprint density at radius 2 is 2.19 bits per heavy atom. The molecule has 0 radical (unpaired) electrons. The molecular weight excluding hydrogens is 224 g/mol. The SMILES string of the molecule is CCSc1cccc(CC(C)O)c1C(=O)O. The zero-order valence-corrected chi connectivity index (χ0v) is 10.3. The van der Waals surface area contributed by atoms with Crippen molar-refractivity contribution in [1.82, 2.24) is 0 Å². The first-order valence-corrected chi connectivity index (χ1v) is 6.20. The second-order valence-corrected chi connectivity index (χ2v) is 4.89. The van der Waals surface area contributed by atoms with Gasteiger partial charge >= 0.3 is 5.97 Å². The Morgan fingerprint density at radius 3 is 2.69 bits per heavy atom. The van der Waals surface area contributed by atoms with Crippen molar-refractivity contribution in [3.8, 4) is 0 Å². The summed E-state index contributed by atoms with van der Waals surface area (Å²) in [7, 11) is 0. The summed E-state index contributed by atoms with van der Waals surface area (Å²) in [5.74, 6) is -0.0921. The second-order valence-electron chi connectivity index (χ2n) is 3.58. The first-order chi connectivity index (χ1) is 7.56. The highest BCUT2D eigenvalue weighted by molar-refractivity contribution is 7.99. The summed E-state index contributed by atoms with van der Waals surface area (Å²) in [6.07, 6.45) is -0.153. The summed E-state index contributed by atoms with van der Waals surface area (Å²) in [4.78, 5) is 12.0. The van der Waals surface area contributed by atoms with E-state index >= 15 is 0 Å². The molecule has 0 aliphatic rings. The van der Waals surface area contributed by atoms with E-state index in [1.807, 2.05) is 19.1 Å². The maximum absolute atomic E-state index is 11.2. The Kier molecular flexibility index (Phi) is 4.83. The fraction of sp³-hybridized carbons (Fsp3) is 0.417. The number of hydrogen-bond donors (Lipinski definition) is 2. The summed E-state index contributed by atoms with van der Waals surface area (Å²) in [6, 6.07) is 5.40. The molecule has 0 aliphatic carbocycles. The molecule has 2 N–H and O–H groups in total. The third-order valence-corrected chi connectivity index (χ3v) is 3.08. The van der Waals surface area contributed by atoms with Crippen molar-refractivity contribution in [3.63, 3.8) is 0 Å². The highest BCUT2D eigenvalue weighted by atomic mass is 32.2. The molecule has 4 heteroatoms. The molecule has 0 saturated carbocycles. The number of aromatic carboxylic acids is 1. The number of hydrogen-bond acceptors (Lipinski definition) is 3. The minimum atomic E-state index is -0.924. The molecule has 0 saturated heterocycles. The van der Waals surface area contributed by atoms with Gasteiger partial charge in [0.2, 0.25) is 0 Å². The first kappa shape index (κ1) is 13.1. The van der Waals surface area contributed by atoms with Gasteiger partial charge in [-0.05, 0) is 30.7 Å². The van der Waals surface area contributed by atoms with Crippen molar-refractivity contribution in [1.29, 1.82) is 0 Å². The highest BCUT2D eigenvalue weighted by Gasteiger charge is 2.16. The van der Waals surface area contributed by atoms with E-state index in [1.54, 1.807) is 13.0 Å². The molecule has 1 unspecified atom stereocenters. The number of rotatable bonds is 5. The van der Waals surface area contributed by atoms with Crippen LogP contribution in [0.2, 0.25) is 0 Å². The number of aliphatic hydroxyl groups excluding tert-OH is 1. The minimum Gasteiger partial charge on any atom is -0.478 e. The maximum atomic E-state index is 11.2. The van der Waals surface area contributed by atoms with Crippen molar-refractivity contribution >= 4 is 17.7 Å². The van der Waals surface area contributed by atoms with Crippen LogP contribution < -0.4 is 0 Å². The van der Waals surface area contributed by atoms with Gasteiger partial charge in [-0.3, -0.25) is 0 Å². The molecule has 1 atom stereocenters. The third kappa shape index (κ3) is 3.25. The van der Waals surface area contributed by atoms with Gasteiger partial charge in [-0.15, -0.1) is 11.8 Å². The predicted octanol–water partition coefficient (Wildman–Crippen LogP) is 2.42. The van der Waals surface area contributed by atoms with Gasteiger partial charge in [-0.2, -0.15) is 0 Å². The van der Waals surface area contributed by atoms with Crippen molar-refractivity contribution in [2.45, 2.75) is 31.3 Å². The van der Waals surface area contributed by atoms with Gasteiger partial charge in [0.25, 0.3) is 0 Å². The Balaban J connectivity index is 3.16. The maximum Gasteiger partial charge on any atom is 0.337 e. The van der Waals surface area contributed by atoms with Crippen molar-refractivity contribution in [2.75, 3.05) is 5.75 Å². The first-order valence-electron chi connectivity index (χ1n) is 5.22. The number of carboxylic acids is 1. The lowest BCUT2D eigenvalue weighted by molar-refractivity contribution is 0.0691. The molecule has 16 heavy (non-hydrogen) atoms. The zero-order valence-electron chi connectivity index (χ0n) is 9.43. The van der Waals surface area contributed by atoms with Crippen molar-refractivity contribution in [3.05, 3.63) is 29.3 Å². The van der Waals surface area contributed by atoms with Crippen LogP contribution in [0.4, 0.5) is 0 Å². The van der Waals surface area contributed by atoms with Gasteiger partial charge in [0.1, 0.15) is 0 Å². The Hall–Kier alpha value is -1.00. The quantitative estimate of drug-likeness (QED) is 0.776. The molecule has 0 aliphatic heterocycles. The summed E-state index contributed by atoms with van der Waals surface area (Å²) in [5, 5.41) is 18.5. The Bertz CT molecular complexity index is 375. The van der Waals surface area contributed by atoms with Crippen LogP contribution in [-0.2, 0) is 6.42 Å². The lowest BCUT2D eigenvalue weighted by Gasteiger charge is -2.11. The smallest absolute Gasteiger partial charge is 0.337 e. The van der Waals surface area contributed by atoms with Crippen LogP contribution >= 0.6 is 11.8 Å². The molecule has 0 heterocycles. The van der Waals surface area contributed by atoms with Crippen LogP contribution in [-0.4, -0.2) is 28.0 Å². The predicted molar refractivity (Wildman–Crippen MR) is 65.2 cm³/mol. The average Bonchev–Trinajstić information content (AvgIpc) is 2.16. The second kappa shape index (κ2) is 5.92. The fourth-order valence-electron chi connectivity index (χ4n) is 1.58. The van der Waals surface area contributed by atoms with Gasteiger partial charge in [0.05, 0.1) is 11.7 Å². The third-order valence-electron chi connectivity index (χ3n) is 2.14. The van der Waals surface area contributed by atoms with E-state index in [1.165, 1.54) is 11.8 Å². The van der Waals surface area contributed by atoms with Gasteiger partial charge in [0.15, 0.2) is 0 Å². The van der Waals surface area contributed by atoms with Crippen LogP contribution in [0.3, 0.4) is 0 Å². The van der Waals surface area contributed by atoms with Crippen LogP contribution in [0.15, 0.2) is 23.1 Å². The van der Waals surface area contributed by atoms with Crippen LogP contribution in [0.25, 0.3) is 0 Å². The van der Waals surface area contributed by atoms with Crippen LogP contribution in [0.5, 0.6) is 0 Å². The number of aliphatic hydroxyl groups is 1. The standard InChI is InChI=1S/C12H16O3S/c1-3-16-10-6-4-5-9(7-8(2)13)11(10)12(14)15/h4-6,8,13H,3,7H2,1-2H3,(H,14,15). The van der Waals surface area contributed by atoms with Crippen LogP contribution in [0.1, 0.15) is 29.8 Å². The molecule has 1 aromatic rings. The van der Waals surface area contributed by atoms with Crippen LogP contribution in [0, 0.1) is 0 Å². The number of thioether (sulfide) groups is 1. The van der Waals surface area contributed by atoms with Crippen molar-refractivity contribution in [2.24, 2.45) is 0 Å². The topological polar surface area (TPSA) is 57.5 Å². The minimum absolute atomic E-state index is 0.329. The monoisotopic (exact) mass is 240 g/mol. The normalized spacial score (nSPS) is 12.4. The van der Waals surface area contributed by atoms with E-state index in [4.69, 9.17) is 0 Å². The van der Waals surface area contributed by atoms with E-state index in [2.05, 4.69) is 0 Å². The fourth-order valence-corrected chi connectivity index (χ4v) is 2.43. The van der Waals surface area contributed by atoms with E-state index in [-0.39, 0.29) is 0 Å². The Morgan fingerprint density at radius 1 is 1.50 bits per heavy atom. The van der Waals surface area contributed by atoms with Gasteiger partial charge < -0.3 is 10.2 Å². The van der Waals surface area contributed by atoms with E-state index in [0.717, 1.165) is 10.6 Å². The van der Waals surface area contributed by atoms with E-state index < -0.39 is 12.1 Å². The average molecular weight is 240 g/mol. The molecular formula is C12H16O3S. The molecule has 88 valence electrons. The van der Waals surface area contributed by atoms with E-state index in [9.17, 15) is 15.0 Å². The number of carbonyl (C=O) groups is 1. The van der Waals surface area contributed by atoms with Gasteiger partial charge in [0, 0.05) is 4.90 Å². The Labute approximate surface area is 99.5 Å². The van der Waals surface area contributed by atoms with Crippen molar-refractivity contribution < 1.29 is 15.0 Å². The van der Waals surface area contributed by atoms with Gasteiger partial charge in [-0.25, -0.2) is 4.79 Å². The molecule has 0 amide bonds. The zero-order chi connectivity index (χ0) is 12.1. The molecule has 0 aromatic heterocycles. The summed E-state index contributed by atoms with van der Waals surface area (Å²) in [5.41, 5.74) is 1.02. The molecule has 1 rings (SSSR count). The number of carboxylic acid groups (broad SMARTS) is 1. The molecule has 1 aromatic carbocycles. The van der Waals surface area contributed by atoms with Gasteiger partial charge in [-0.1, -0.05) is 19.1 Å². The summed E-state index contributed by atoms with van der Waals surface area (Å²) >= 11 is 1.51. The van der Waals surface area contributed by atoms with E-state index in [0.29, 0.717) is 17.5 Å². The molecule has 0 bridgehead atoms. The lowest BCUT2D eigenvalue weighted by Crippen LogP contribution is -2.11. The highest BCUT2D eigenvalue weighted by Crippen LogP contribution is 2.26. The molecule has 3 nitrogen and oxygen atoms in total. The number of benzene rings is 1. The summed E-state index contributed by atoms with van der Waals surface area (Å²) in [6.45, 7) is 3.64. The summed E-state index contributed by atoms with van der Waals surface area (Å²) < 4.78 is 0. The molecule has 0 fully saturated rings. The lowest BCUT2D eigenvalue weighted by atomic mass is 10.0. The molecule has 0 spiro atoms. The largest absolute Gasteiger partial charge is 0.478 e.